The number of anilines is 1. The predicted octanol–water partition coefficient (Wildman–Crippen LogP) is 5.88. The summed E-state index contributed by atoms with van der Waals surface area (Å²) >= 11 is 0. The molecule has 0 aliphatic carbocycles. The number of para-hydroxylation sites is 1. The summed E-state index contributed by atoms with van der Waals surface area (Å²) in [6, 6.07) is 25.9. The molecule has 3 aliphatic rings. The molecule has 1 amide bonds. The maximum Gasteiger partial charge on any atom is 0.269 e. The zero-order chi connectivity index (χ0) is 29.2. The number of hydrogen-bond acceptors (Lipinski definition) is 6. The van der Waals surface area contributed by atoms with E-state index in [4.69, 9.17) is 0 Å². The highest BCUT2D eigenvalue weighted by Gasteiger charge is 2.70. The Kier molecular flexibility index (Phi) is 5.69. The van der Waals surface area contributed by atoms with E-state index in [1.165, 1.54) is 24.3 Å². The Morgan fingerprint density at radius 3 is 2.24 bits per heavy atom. The molecule has 4 atom stereocenters. The lowest BCUT2D eigenvalue weighted by molar-refractivity contribution is -0.384. The van der Waals surface area contributed by atoms with Gasteiger partial charge in [0.25, 0.3) is 5.69 Å². The molecular weight excluding hydrogens is 530 g/mol. The highest BCUT2D eigenvalue weighted by atomic mass is 16.6. The van der Waals surface area contributed by atoms with Crippen molar-refractivity contribution >= 4 is 34.9 Å². The van der Waals surface area contributed by atoms with Gasteiger partial charge in [-0.15, -0.1) is 0 Å². The number of carbonyl (C=O) groups is 3. The fourth-order valence-electron chi connectivity index (χ4n) is 6.98. The van der Waals surface area contributed by atoms with Crippen LogP contribution in [0.5, 0.6) is 0 Å². The van der Waals surface area contributed by atoms with Crippen molar-refractivity contribution in [3.63, 3.8) is 0 Å². The van der Waals surface area contributed by atoms with Crippen LogP contribution in [-0.4, -0.2) is 33.3 Å². The second-order valence-electron chi connectivity index (χ2n) is 11.0. The average Bonchev–Trinajstić information content (AvgIpc) is 3.49. The first-order chi connectivity index (χ1) is 20.3. The quantitative estimate of drug-likeness (QED) is 0.187. The van der Waals surface area contributed by atoms with Gasteiger partial charge in [-0.25, -0.2) is 0 Å². The lowest BCUT2D eigenvalue weighted by Gasteiger charge is -2.38. The van der Waals surface area contributed by atoms with Gasteiger partial charge in [-0.05, 0) is 47.9 Å². The number of ketones is 2. The van der Waals surface area contributed by atoms with Gasteiger partial charge in [-0.1, -0.05) is 72.3 Å². The Morgan fingerprint density at radius 2 is 1.50 bits per heavy atom. The van der Waals surface area contributed by atoms with Crippen molar-refractivity contribution in [3.8, 4) is 0 Å². The van der Waals surface area contributed by atoms with Gasteiger partial charge >= 0.3 is 0 Å². The zero-order valence-electron chi connectivity index (χ0n) is 22.6. The van der Waals surface area contributed by atoms with Gasteiger partial charge in [-0.3, -0.25) is 24.5 Å². The minimum atomic E-state index is -1.46. The molecule has 3 aliphatic heterocycles. The largest absolute Gasteiger partial charge is 0.358 e. The van der Waals surface area contributed by atoms with E-state index in [0.717, 1.165) is 16.7 Å². The minimum Gasteiger partial charge on any atom is -0.358 e. The maximum absolute atomic E-state index is 14.7. The van der Waals surface area contributed by atoms with Crippen LogP contribution in [0.2, 0.25) is 0 Å². The van der Waals surface area contributed by atoms with Gasteiger partial charge in [0.05, 0.1) is 16.9 Å². The van der Waals surface area contributed by atoms with E-state index in [1.807, 2.05) is 78.7 Å². The molecule has 8 heteroatoms. The second-order valence-corrected chi connectivity index (χ2v) is 11.0. The summed E-state index contributed by atoms with van der Waals surface area (Å²) < 4.78 is 0. The van der Waals surface area contributed by atoms with Crippen LogP contribution in [0, 0.1) is 23.0 Å². The van der Waals surface area contributed by atoms with Crippen molar-refractivity contribution in [1.82, 2.24) is 4.90 Å². The fourth-order valence-corrected chi connectivity index (χ4v) is 6.98. The summed E-state index contributed by atoms with van der Waals surface area (Å²) in [5, 5.41) is 14.4. The number of nitro benzene ring substituents is 1. The first kappa shape index (κ1) is 25.6. The zero-order valence-corrected chi connectivity index (χ0v) is 22.6. The van der Waals surface area contributed by atoms with Crippen LogP contribution in [0.25, 0.3) is 6.08 Å². The highest BCUT2D eigenvalue weighted by molar-refractivity contribution is 6.16. The van der Waals surface area contributed by atoms with Crippen molar-refractivity contribution in [3.05, 3.63) is 147 Å². The van der Waals surface area contributed by atoms with Crippen LogP contribution in [0.4, 0.5) is 11.4 Å². The highest BCUT2D eigenvalue weighted by Crippen LogP contribution is 2.62. The lowest BCUT2D eigenvalue weighted by atomic mass is 9.62. The number of nitrogens with one attached hydrogen (secondary N) is 1. The molecule has 4 aromatic carbocycles. The summed E-state index contributed by atoms with van der Waals surface area (Å²) in [5.74, 6) is -2.21. The summed E-state index contributed by atoms with van der Waals surface area (Å²) in [4.78, 5) is 56.4. The van der Waals surface area contributed by atoms with Gasteiger partial charge in [-0.2, -0.15) is 0 Å². The number of benzene rings is 4. The Labute approximate surface area is 241 Å². The summed E-state index contributed by atoms with van der Waals surface area (Å²) in [5.41, 5.74) is 2.99. The van der Waals surface area contributed by atoms with Gasteiger partial charge in [0.15, 0.2) is 11.6 Å². The molecule has 0 bridgehead atoms. The number of nitro groups is 1. The van der Waals surface area contributed by atoms with Gasteiger partial charge < -0.3 is 10.2 Å². The van der Waals surface area contributed by atoms with Crippen LogP contribution < -0.4 is 5.32 Å². The van der Waals surface area contributed by atoms with Crippen LogP contribution in [0.3, 0.4) is 0 Å². The van der Waals surface area contributed by atoms with Gasteiger partial charge in [0.1, 0.15) is 11.5 Å². The van der Waals surface area contributed by atoms with E-state index in [0.29, 0.717) is 16.8 Å². The summed E-state index contributed by atoms with van der Waals surface area (Å²) in [6.45, 7) is 1.93. The van der Waals surface area contributed by atoms with Crippen LogP contribution >= 0.6 is 0 Å². The molecule has 206 valence electrons. The van der Waals surface area contributed by atoms with Crippen LogP contribution in [0.1, 0.15) is 49.0 Å². The maximum atomic E-state index is 14.7. The van der Waals surface area contributed by atoms with Gasteiger partial charge in [0, 0.05) is 35.1 Å². The standard InChI is InChI=1S/C34H25N3O5/c1-20-10-12-23(13-11-20)31(39)29-28(30(38)22-14-16-24(17-15-22)37(41)42)34(26-8-4-5-9-27(26)35-33(34)40)32-25-7-3-2-6-21(25)18-19-36(29)32/h2-19,28-29,32H,1H3,(H,35,40)/t28-,29-,32+,34+/m0/s1. The van der Waals surface area contributed by atoms with E-state index < -0.39 is 34.1 Å². The van der Waals surface area contributed by atoms with Crippen LogP contribution in [-0.2, 0) is 10.2 Å². The van der Waals surface area contributed by atoms with Crippen molar-refractivity contribution < 1.29 is 19.3 Å². The molecule has 8 nitrogen and oxygen atoms in total. The number of fused-ring (bicyclic) bond motifs is 6. The van der Waals surface area contributed by atoms with Crippen molar-refractivity contribution in [1.29, 1.82) is 0 Å². The van der Waals surface area contributed by atoms with Crippen LogP contribution in [0.15, 0.2) is 103 Å². The first-order valence-corrected chi connectivity index (χ1v) is 13.7. The fraction of sp³-hybridized carbons (Fsp3) is 0.147. The van der Waals surface area contributed by atoms with E-state index >= 15 is 0 Å². The van der Waals surface area contributed by atoms with E-state index in [-0.39, 0.29) is 22.9 Å². The Morgan fingerprint density at radius 1 is 0.857 bits per heavy atom. The van der Waals surface area contributed by atoms with Gasteiger partial charge in [0.2, 0.25) is 5.91 Å². The molecular formula is C34H25N3O5. The smallest absolute Gasteiger partial charge is 0.269 e. The van der Waals surface area contributed by atoms with E-state index in [1.54, 1.807) is 18.2 Å². The molecule has 1 spiro atoms. The number of nitrogens with zero attached hydrogens (tertiary/aromatic N) is 2. The Balaban J connectivity index is 1.51. The molecule has 0 aromatic heterocycles. The summed E-state index contributed by atoms with van der Waals surface area (Å²) in [6.07, 6.45) is 3.73. The molecule has 1 N–H and O–H groups in total. The number of non-ortho nitro benzene ring substituents is 1. The molecule has 0 unspecified atom stereocenters. The third-order valence-electron chi connectivity index (χ3n) is 8.82. The number of Topliss-reactive ketones (excluding diaryl/α,β-unsaturated/α-hetero) is 2. The third kappa shape index (κ3) is 3.51. The second kappa shape index (κ2) is 9.34. The van der Waals surface area contributed by atoms with E-state index in [2.05, 4.69) is 5.32 Å². The number of hydrogen-bond donors (Lipinski definition) is 1. The SMILES string of the molecule is Cc1ccc(C(=O)[C@@H]2[C@@H](C(=O)c3ccc([N+](=O)[O-])cc3)[C@@]3(C(=O)Nc4ccccc43)[C@H]3c4ccccc4C=CN23)cc1. The van der Waals surface area contributed by atoms with Crippen molar-refractivity contribution in [2.45, 2.75) is 24.4 Å². The molecule has 0 radical (unpaired) electrons. The monoisotopic (exact) mass is 555 g/mol. The minimum absolute atomic E-state index is 0.154. The number of aryl methyl sites for hydroxylation is 1. The third-order valence-corrected chi connectivity index (χ3v) is 8.82. The molecule has 1 saturated heterocycles. The molecule has 7 rings (SSSR count). The average molecular weight is 556 g/mol. The van der Waals surface area contributed by atoms with Crippen molar-refractivity contribution in [2.75, 3.05) is 5.32 Å². The topological polar surface area (TPSA) is 110 Å². The predicted molar refractivity (Wildman–Crippen MR) is 157 cm³/mol. The Hall–Kier alpha value is -5.37. The Bertz CT molecular complexity index is 1830. The molecule has 3 heterocycles. The molecule has 0 saturated carbocycles. The molecule has 42 heavy (non-hydrogen) atoms. The lowest BCUT2D eigenvalue weighted by Crippen LogP contribution is -2.49. The van der Waals surface area contributed by atoms with Crippen molar-refractivity contribution in [2.24, 2.45) is 5.92 Å². The number of rotatable bonds is 5. The summed E-state index contributed by atoms with van der Waals surface area (Å²) in [7, 11) is 0. The normalized spacial score (nSPS) is 23.2. The van der Waals surface area contributed by atoms with E-state index in [9.17, 15) is 24.5 Å². The number of carbonyl (C=O) groups excluding carboxylic acids is 3. The first-order valence-electron chi connectivity index (χ1n) is 13.7. The molecule has 4 aromatic rings. The number of amides is 1. The molecule has 1 fully saturated rings.